The minimum Gasteiger partial charge on any atom is -0.310 e. The van der Waals surface area contributed by atoms with Gasteiger partial charge in [0, 0.05) is 15.0 Å². The Hall–Kier alpha value is 0.140. The number of unbranched alkanes of at least 4 members (excludes halogenated alkanes) is 1. The zero-order chi connectivity index (χ0) is 14.3. The summed E-state index contributed by atoms with van der Waals surface area (Å²) in [5, 5.41) is 3.68. The Morgan fingerprint density at radius 2 is 1.89 bits per heavy atom. The fourth-order valence-electron chi connectivity index (χ4n) is 2.58. The highest BCUT2D eigenvalue weighted by Crippen LogP contribution is 2.34. The summed E-state index contributed by atoms with van der Waals surface area (Å²) < 4.78 is 2.36. The van der Waals surface area contributed by atoms with Crippen LogP contribution in [0.4, 0.5) is 0 Å². The summed E-state index contributed by atoms with van der Waals surface area (Å²) in [6.45, 7) is 7.76. The fraction of sp³-hybridized carbons (Fsp3) is 0.625. The standard InChI is InChI=1S/C16H25Br2N/c1-4-7-8-12(5-2)16(19-6-3)14-11-13(17)9-10-15(14)18/h9-12,16,19H,4-8H2,1-3H3. The third-order valence-corrected chi connectivity index (χ3v) is 4.86. The van der Waals surface area contributed by atoms with E-state index in [2.05, 4.69) is 76.1 Å². The van der Waals surface area contributed by atoms with E-state index in [1.165, 1.54) is 35.7 Å². The van der Waals surface area contributed by atoms with Crippen LogP contribution in [0.25, 0.3) is 0 Å². The molecule has 0 spiro atoms. The van der Waals surface area contributed by atoms with E-state index in [0.29, 0.717) is 12.0 Å². The number of nitrogens with one attached hydrogen (secondary N) is 1. The molecule has 0 heterocycles. The summed E-state index contributed by atoms with van der Waals surface area (Å²) in [5.41, 5.74) is 1.37. The number of halogens is 2. The van der Waals surface area contributed by atoms with Crippen LogP contribution in [0.3, 0.4) is 0 Å². The Morgan fingerprint density at radius 1 is 1.16 bits per heavy atom. The van der Waals surface area contributed by atoms with Gasteiger partial charge in [-0.1, -0.05) is 71.9 Å². The molecule has 3 heteroatoms. The molecule has 0 amide bonds. The van der Waals surface area contributed by atoms with E-state index in [-0.39, 0.29) is 0 Å². The van der Waals surface area contributed by atoms with Crippen molar-refractivity contribution in [2.24, 2.45) is 5.92 Å². The van der Waals surface area contributed by atoms with Gasteiger partial charge in [-0.05, 0) is 42.6 Å². The minimum absolute atomic E-state index is 0.438. The average molecular weight is 391 g/mol. The third kappa shape index (κ3) is 5.20. The van der Waals surface area contributed by atoms with E-state index in [9.17, 15) is 0 Å². The van der Waals surface area contributed by atoms with Gasteiger partial charge in [0.25, 0.3) is 0 Å². The molecule has 0 saturated carbocycles. The van der Waals surface area contributed by atoms with Crippen LogP contribution in [0.15, 0.2) is 27.1 Å². The highest BCUT2D eigenvalue weighted by Gasteiger charge is 2.22. The summed E-state index contributed by atoms with van der Waals surface area (Å²) in [5.74, 6) is 0.700. The molecule has 1 aromatic rings. The van der Waals surface area contributed by atoms with Crippen LogP contribution in [0.1, 0.15) is 58.1 Å². The molecule has 2 unspecified atom stereocenters. The Balaban J connectivity index is 2.99. The molecule has 0 radical (unpaired) electrons. The zero-order valence-corrected chi connectivity index (χ0v) is 15.4. The maximum Gasteiger partial charge on any atom is 0.0360 e. The van der Waals surface area contributed by atoms with Crippen molar-refractivity contribution in [3.8, 4) is 0 Å². The summed E-state index contributed by atoms with van der Waals surface area (Å²) in [7, 11) is 0. The molecule has 1 nitrogen and oxygen atoms in total. The van der Waals surface area contributed by atoms with Gasteiger partial charge < -0.3 is 5.32 Å². The van der Waals surface area contributed by atoms with E-state index in [1.54, 1.807) is 0 Å². The summed E-state index contributed by atoms with van der Waals surface area (Å²) in [6.07, 6.45) is 5.10. The van der Waals surface area contributed by atoms with Gasteiger partial charge in [0.2, 0.25) is 0 Å². The second kappa shape index (κ2) is 9.15. The normalized spacial score (nSPS) is 14.4. The van der Waals surface area contributed by atoms with Crippen LogP contribution in [-0.2, 0) is 0 Å². The second-order valence-corrected chi connectivity index (χ2v) is 6.78. The first-order valence-electron chi connectivity index (χ1n) is 7.32. The lowest BCUT2D eigenvalue weighted by atomic mass is 9.87. The SMILES string of the molecule is CCCCC(CC)C(NCC)c1cc(Br)ccc1Br. The fourth-order valence-corrected chi connectivity index (χ4v) is 3.45. The quantitative estimate of drug-likeness (QED) is 0.567. The number of rotatable bonds is 8. The molecule has 0 saturated heterocycles. The molecule has 0 aliphatic heterocycles. The Kier molecular flexibility index (Phi) is 8.27. The van der Waals surface area contributed by atoms with Crippen molar-refractivity contribution in [3.05, 3.63) is 32.7 Å². The third-order valence-electron chi connectivity index (χ3n) is 3.64. The van der Waals surface area contributed by atoms with Gasteiger partial charge in [-0.15, -0.1) is 0 Å². The predicted octanol–water partition coefficient (Wildman–Crippen LogP) is 6.08. The molecule has 1 rings (SSSR count). The Bertz CT molecular complexity index is 379. The first-order valence-corrected chi connectivity index (χ1v) is 8.90. The van der Waals surface area contributed by atoms with Crippen molar-refractivity contribution >= 4 is 31.9 Å². The smallest absolute Gasteiger partial charge is 0.0360 e. The van der Waals surface area contributed by atoms with Crippen LogP contribution < -0.4 is 5.32 Å². The molecule has 1 aromatic carbocycles. The van der Waals surface area contributed by atoms with E-state index in [4.69, 9.17) is 0 Å². The second-order valence-electron chi connectivity index (χ2n) is 5.01. The van der Waals surface area contributed by atoms with Crippen LogP contribution in [-0.4, -0.2) is 6.54 Å². The van der Waals surface area contributed by atoms with Gasteiger partial charge >= 0.3 is 0 Å². The van der Waals surface area contributed by atoms with Crippen LogP contribution >= 0.6 is 31.9 Å². The largest absolute Gasteiger partial charge is 0.310 e. The van der Waals surface area contributed by atoms with Crippen molar-refractivity contribution in [2.45, 2.75) is 52.5 Å². The molecule has 1 N–H and O–H groups in total. The molecule has 0 fully saturated rings. The van der Waals surface area contributed by atoms with Gasteiger partial charge in [-0.25, -0.2) is 0 Å². The van der Waals surface area contributed by atoms with E-state index in [1.807, 2.05) is 0 Å². The number of hydrogen-bond donors (Lipinski definition) is 1. The summed E-state index contributed by atoms with van der Waals surface area (Å²) in [4.78, 5) is 0. The maximum atomic E-state index is 3.71. The van der Waals surface area contributed by atoms with Crippen LogP contribution in [0, 0.1) is 5.92 Å². The first kappa shape index (κ1) is 17.2. The van der Waals surface area contributed by atoms with Gasteiger partial charge in [0.05, 0.1) is 0 Å². The van der Waals surface area contributed by atoms with Crippen molar-refractivity contribution in [2.75, 3.05) is 6.54 Å². The van der Waals surface area contributed by atoms with Gasteiger partial charge in [-0.3, -0.25) is 0 Å². The van der Waals surface area contributed by atoms with Crippen LogP contribution in [0.5, 0.6) is 0 Å². The van der Waals surface area contributed by atoms with Crippen molar-refractivity contribution < 1.29 is 0 Å². The topological polar surface area (TPSA) is 12.0 Å². The predicted molar refractivity (Wildman–Crippen MR) is 91.6 cm³/mol. The molecule has 0 aliphatic carbocycles. The maximum absolute atomic E-state index is 3.71. The van der Waals surface area contributed by atoms with Crippen molar-refractivity contribution in [3.63, 3.8) is 0 Å². The van der Waals surface area contributed by atoms with E-state index < -0.39 is 0 Å². The highest BCUT2D eigenvalue weighted by molar-refractivity contribution is 9.11. The van der Waals surface area contributed by atoms with Gasteiger partial charge in [0.15, 0.2) is 0 Å². The summed E-state index contributed by atoms with van der Waals surface area (Å²) >= 11 is 7.30. The molecule has 0 aliphatic rings. The molecule has 19 heavy (non-hydrogen) atoms. The zero-order valence-electron chi connectivity index (χ0n) is 12.2. The monoisotopic (exact) mass is 389 g/mol. The number of hydrogen-bond acceptors (Lipinski definition) is 1. The summed E-state index contributed by atoms with van der Waals surface area (Å²) in [6, 6.07) is 6.90. The van der Waals surface area contributed by atoms with E-state index in [0.717, 1.165) is 11.0 Å². The first-order chi connectivity index (χ1) is 9.13. The molecular formula is C16H25Br2N. The van der Waals surface area contributed by atoms with Crippen molar-refractivity contribution in [1.82, 2.24) is 5.32 Å². The Labute approximate surface area is 134 Å². The lowest BCUT2D eigenvalue weighted by Gasteiger charge is -2.28. The van der Waals surface area contributed by atoms with Gasteiger partial charge in [-0.2, -0.15) is 0 Å². The van der Waals surface area contributed by atoms with Crippen molar-refractivity contribution in [1.29, 1.82) is 0 Å². The van der Waals surface area contributed by atoms with Gasteiger partial charge in [0.1, 0.15) is 0 Å². The number of benzene rings is 1. The van der Waals surface area contributed by atoms with E-state index >= 15 is 0 Å². The molecule has 108 valence electrons. The molecule has 0 bridgehead atoms. The minimum atomic E-state index is 0.438. The lowest BCUT2D eigenvalue weighted by molar-refractivity contribution is 0.327. The average Bonchev–Trinajstić information content (AvgIpc) is 2.41. The van der Waals surface area contributed by atoms with Crippen LogP contribution in [0.2, 0.25) is 0 Å². The molecular weight excluding hydrogens is 366 g/mol. The Morgan fingerprint density at radius 3 is 2.47 bits per heavy atom. The molecule has 2 atom stereocenters. The highest BCUT2D eigenvalue weighted by atomic mass is 79.9. The lowest BCUT2D eigenvalue weighted by Crippen LogP contribution is -2.28. The molecule has 0 aromatic heterocycles.